The first-order valence-electron chi connectivity index (χ1n) is 8.84. The molecule has 5 nitrogen and oxygen atoms in total. The van der Waals surface area contributed by atoms with Crippen molar-refractivity contribution in [3.05, 3.63) is 35.4 Å². The first kappa shape index (κ1) is 16.5. The van der Waals surface area contributed by atoms with Crippen LogP contribution < -0.4 is 0 Å². The molecule has 4 rings (SSSR count). The zero-order chi connectivity index (χ0) is 17.4. The van der Waals surface area contributed by atoms with Gasteiger partial charge in [-0.1, -0.05) is 24.3 Å². The second-order valence-corrected chi connectivity index (χ2v) is 8.02. The maximum atomic E-state index is 13.1. The minimum Gasteiger partial charge on any atom is -0.330 e. The van der Waals surface area contributed by atoms with E-state index in [1.165, 1.54) is 11.1 Å². The van der Waals surface area contributed by atoms with Crippen molar-refractivity contribution in [1.29, 1.82) is 5.26 Å². The Labute approximate surface area is 152 Å². The SMILES string of the molecule is N#C[C@@H]1CSCN1C(=O)[C@H]1CCCN1C(=O)C1Cc2ccccc2C1. The summed E-state index contributed by atoms with van der Waals surface area (Å²) in [6, 6.07) is 9.68. The van der Waals surface area contributed by atoms with Crippen LogP contribution in [0.4, 0.5) is 0 Å². The molecular formula is C19H21N3O2S. The van der Waals surface area contributed by atoms with E-state index in [1.807, 2.05) is 12.1 Å². The number of carbonyl (C=O) groups excluding carboxylic acids is 2. The van der Waals surface area contributed by atoms with Crippen LogP contribution in [0.5, 0.6) is 0 Å². The molecule has 25 heavy (non-hydrogen) atoms. The van der Waals surface area contributed by atoms with Crippen molar-refractivity contribution >= 4 is 23.6 Å². The van der Waals surface area contributed by atoms with Crippen LogP contribution in [0.15, 0.2) is 24.3 Å². The summed E-state index contributed by atoms with van der Waals surface area (Å²) in [6.45, 7) is 0.653. The van der Waals surface area contributed by atoms with E-state index in [1.54, 1.807) is 21.6 Å². The molecule has 0 saturated carbocycles. The van der Waals surface area contributed by atoms with Gasteiger partial charge in [-0.25, -0.2) is 0 Å². The molecule has 1 aliphatic carbocycles. The molecule has 2 atom stereocenters. The van der Waals surface area contributed by atoms with Crippen molar-refractivity contribution in [3.63, 3.8) is 0 Å². The number of thioether (sulfide) groups is 1. The van der Waals surface area contributed by atoms with Crippen LogP contribution in [0.1, 0.15) is 24.0 Å². The molecule has 2 fully saturated rings. The lowest BCUT2D eigenvalue weighted by Crippen LogP contribution is -2.50. The minimum atomic E-state index is -0.384. The van der Waals surface area contributed by atoms with Gasteiger partial charge in [0.1, 0.15) is 12.1 Å². The predicted octanol–water partition coefficient (Wildman–Crippen LogP) is 1.82. The summed E-state index contributed by atoms with van der Waals surface area (Å²) < 4.78 is 0. The third-order valence-corrected chi connectivity index (χ3v) is 6.55. The second-order valence-electron chi connectivity index (χ2n) is 7.02. The number of amides is 2. The number of nitriles is 1. The number of nitrogens with zero attached hydrogens (tertiary/aromatic N) is 3. The highest BCUT2D eigenvalue weighted by molar-refractivity contribution is 7.99. The predicted molar refractivity (Wildman–Crippen MR) is 95.6 cm³/mol. The molecule has 0 radical (unpaired) electrons. The molecule has 130 valence electrons. The third kappa shape index (κ3) is 2.91. The number of carbonyl (C=O) groups is 2. The molecule has 0 unspecified atom stereocenters. The number of rotatable bonds is 2. The molecular weight excluding hydrogens is 334 g/mol. The highest BCUT2D eigenvalue weighted by Crippen LogP contribution is 2.32. The summed E-state index contributed by atoms with van der Waals surface area (Å²) in [6.07, 6.45) is 3.11. The fourth-order valence-electron chi connectivity index (χ4n) is 4.21. The van der Waals surface area contributed by atoms with Gasteiger partial charge in [0.2, 0.25) is 11.8 Å². The average Bonchev–Trinajstić information content (AvgIpc) is 3.38. The number of fused-ring (bicyclic) bond motifs is 1. The smallest absolute Gasteiger partial charge is 0.247 e. The Balaban J connectivity index is 1.48. The molecule has 1 aromatic carbocycles. The third-order valence-electron chi connectivity index (χ3n) is 5.54. The van der Waals surface area contributed by atoms with Gasteiger partial charge in [0.15, 0.2) is 0 Å². The fourth-order valence-corrected chi connectivity index (χ4v) is 5.30. The van der Waals surface area contributed by atoms with E-state index >= 15 is 0 Å². The summed E-state index contributed by atoms with van der Waals surface area (Å²) in [5, 5.41) is 9.24. The fraction of sp³-hybridized carbons (Fsp3) is 0.526. The van der Waals surface area contributed by atoms with Crippen LogP contribution >= 0.6 is 11.8 Å². The zero-order valence-corrected chi connectivity index (χ0v) is 14.9. The first-order chi connectivity index (χ1) is 12.2. The quantitative estimate of drug-likeness (QED) is 0.812. The maximum absolute atomic E-state index is 13.1. The Morgan fingerprint density at radius 3 is 2.52 bits per heavy atom. The van der Waals surface area contributed by atoms with Gasteiger partial charge in [-0.3, -0.25) is 9.59 Å². The molecule has 3 aliphatic rings. The van der Waals surface area contributed by atoms with Gasteiger partial charge in [-0.05, 0) is 36.8 Å². The highest BCUT2D eigenvalue weighted by Gasteiger charge is 2.42. The van der Waals surface area contributed by atoms with Gasteiger partial charge >= 0.3 is 0 Å². The van der Waals surface area contributed by atoms with Crippen molar-refractivity contribution < 1.29 is 9.59 Å². The standard InChI is InChI=1S/C19H21N3O2S/c20-10-16-11-25-12-22(16)19(24)17-6-3-7-21(17)18(23)15-8-13-4-1-2-5-14(13)9-15/h1-2,4-5,15-17H,3,6-9,11-12H2/t16-,17-/m1/s1. The van der Waals surface area contributed by atoms with Gasteiger partial charge in [0, 0.05) is 18.2 Å². The van der Waals surface area contributed by atoms with Gasteiger partial charge < -0.3 is 9.80 Å². The molecule has 0 aromatic heterocycles. The van der Waals surface area contributed by atoms with Crippen LogP contribution in [0, 0.1) is 17.2 Å². The monoisotopic (exact) mass is 355 g/mol. The molecule has 2 aliphatic heterocycles. The molecule has 0 spiro atoms. The van der Waals surface area contributed by atoms with E-state index in [4.69, 9.17) is 0 Å². The summed E-state index contributed by atoms with van der Waals surface area (Å²) in [5.74, 6) is 1.24. The largest absolute Gasteiger partial charge is 0.330 e. The lowest BCUT2D eigenvalue weighted by Gasteiger charge is -2.30. The summed E-state index contributed by atoms with van der Waals surface area (Å²) >= 11 is 1.61. The van der Waals surface area contributed by atoms with E-state index < -0.39 is 0 Å². The van der Waals surface area contributed by atoms with E-state index in [0.29, 0.717) is 24.6 Å². The molecule has 2 heterocycles. The van der Waals surface area contributed by atoms with Crippen LogP contribution in [-0.2, 0) is 22.4 Å². The Hall–Kier alpha value is -2.00. The molecule has 0 bridgehead atoms. The summed E-state index contributed by atoms with van der Waals surface area (Å²) in [7, 11) is 0. The van der Waals surface area contributed by atoms with E-state index in [-0.39, 0.29) is 29.8 Å². The van der Waals surface area contributed by atoms with E-state index in [0.717, 1.165) is 19.3 Å². The average molecular weight is 355 g/mol. The number of likely N-dealkylation sites (tertiary alicyclic amines) is 1. The molecule has 0 N–H and O–H groups in total. The number of hydrogen-bond donors (Lipinski definition) is 0. The van der Waals surface area contributed by atoms with Crippen LogP contribution in [-0.4, -0.2) is 51.9 Å². The summed E-state index contributed by atoms with van der Waals surface area (Å²) in [4.78, 5) is 29.5. The summed E-state index contributed by atoms with van der Waals surface area (Å²) in [5.41, 5.74) is 2.51. The van der Waals surface area contributed by atoms with Crippen LogP contribution in [0.25, 0.3) is 0 Å². The Morgan fingerprint density at radius 2 is 1.84 bits per heavy atom. The van der Waals surface area contributed by atoms with Crippen molar-refractivity contribution in [2.75, 3.05) is 18.2 Å². The van der Waals surface area contributed by atoms with Gasteiger partial charge in [-0.15, -0.1) is 11.8 Å². The van der Waals surface area contributed by atoms with Crippen molar-refractivity contribution in [2.24, 2.45) is 5.92 Å². The lowest BCUT2D eigenvalue weighted by atomic mass is 10.0. The van der Waals surface area contributed by atoms with Crippen LogP contribution in [0.2, 0.25) is 0 Å². The van der Waals surface area contributed by atoms with Crippen molar-refractivity contribution in [2.45, 2.75) is 37.8 Å². The molecule has 6 heteroatoms. The second kappa shape index (κ2) is 6.72. The highest BCUT2D eigenvalue weighted by atomic mass is 32.2. The van der Waals surface area contributed by atoms with Gasteiger partial charge in [-0.2, -0.15) is 5.26 Å². The molecule has 1 aromatic rings. The number of benzene rings is 1. The maximum Gasteiger partial charge on any atom is 0.247 e. The van der Waals surface area contributed by atoms with E-state index in [2.05, 4.69) is 18.2 Å². The Morgan fingerprint density at radius 1 is 1.12 bits per heavy atom. The normalized spacial score (nSPS) is 25.9. The Bertz CT molecular complexity index is 719. The lowest BCUT2D eigenvalue weighted by molar-refractivity contribution is -0.145. The Kier molecular flexibility index (Phi) is 4.43. The van der Waals surface area contributed by atoms with Crippen molar-refractivity contribution in [3.8, 4) is 6.07 Å². The zero-order valence-electron chi connectivity index (χ0n) is 14.1. The number of hydrogen-bond acceptors (Lipinski definition) is 4. The van der Waals surface area contributed by atoms with Gasteiger partial charge in [0.05, 0.1) is 11.9 Å². The van der Waals surface area contributed by atoms with E-state index in [9.17, 15) is 14.9 Å². The van der Waals surface area contributed by atoms with Crippen molar-refractivity contribution in [1.82, 2.24) is 9.80 Å². The minimum absolute atomic E-state index is 0.0436. The first-order valence-corrected chi connectivity index (χ1v) is 9.99. The topological polar surface area (TPSA) is 64.4 Å². The van der Waals surface area contributed by atoms with Gasteiger partial charge in [0.25, 0.3) is 0 Å². The van der Waals surface area contributed by atoms with Crippen LogP contribution in [0.3, 0.4) is 0 Å². The molecule has 2 saturated heterocycles. The molecule has 2 amide bonds.